The van der Waals surface area contributed by atoms with Crippen LogP contribution in [0.5, 0.6) is 0 Å². The van der Waals surface area contributed by atoms with Gasteiger partial charge in [0.15, 0.2) is 0 Å². The quantitative estimate of drug-likeness (QED) is 0.653. The molecule has 31 heavy (non-hydrogen) atoms. The molecule has 0 radical (unpaired) electrons. The van der Waals surface area contributed by atoms with E-state index < -0.39 is 0 Å². The van der Waals surface area contributed by atoms with Crippen molar-refractivity contribution in [3.05, 3.63) is 76.0 Å². The number of fused-ring (bicyclic) bond motifs is 1. The van der Waals surface area contributed by atoms with Crippen LogP contribution in [-0.4, -0.2) is 53.4 Å². The summed E-state index contributed by atoms with van der Waals surface area (Å²) in [6, 6.07) is 13.5. The molecule has 2 heterocycles. The molecule has 1 amide bonds. The van der Waals surface area contributed by atoms with Crippen LogP contribution in [0.4, 0.5) is 4.39 Å². The average molecular weight is 424 g/mol. The predicted molar refractivity (Wildman–Crippen MR) is 115 cm³/mol. The van der Waals surface area contributed by atoms with Crippen molar-refractivity contribution < 1.29 is 13.9 Å². The molecule has 162 valence electrons. The second-order valence-electron chi connectivity index (χ2n) is 7.62. The van der Waals surface area contributed by atoms with Gasteiger partial charge >= 0.3 is 0 Å². The number of hydrogen-bond acceptors (Lipinski definition) is 5. The van der Waals surface area contributed by atoms with Gasteiger partial charge in [0.05, 0.1) is 36.8 Å². The van der Waals surface area contributed by atoms with E-state index in [0.717, 1.165) is 18.7 Å². The molecular formula is C23H25FN4O3. The molecule has 2 aromatic carbocycles. The number of morpholine rings is 1. The molecular weight excluding hydrogens is 399 g/mol. The molecule has 1 fully saturated rings. The van der Waals surface area contributed by atoms with Crippen molar-refractivity contribution in [2.45, 2.75) is 12.5 Å². The van der Waals surface area contributed by atoms with E-state index in [2.05, 4.69) is 15.3 Å². The topological polar surface area (TPSA) is 76.5 Å². The molecule has 3 aromatic rings. The molecule has 1 aliphatic rings. The zero-order valence-electron chi connectivity index (χ0n) is 17.4. The van der Waals surface area contributed by atoms with Gasteiger partial charge in [-0.3, -0.25) is 14.5 Å². The van der Waals surface area contributed by atoms with Crippen molar-refractivity contribution in [1.82, 2.24) is 20.0 Å². The van der Waals surface area contributed by atoms with E-state index in [-0.39, 0.29) is 29.7 Å². The van der Waals surface area contributed by atoms with Crippen molar-refractivity contribution in [3.8, 4) is 0 Å². The summed E-state index contributed by atoms with van der Waals surface area (Å²) in [4.78, 5) is 27.3. The van der Waals surface area contributed by atoms with E-state index in [1.54, 1.807) is 37.4 Å². The van der Waals surface area contributed by atoms with Gasteiger partial charge in [-0.25, -0.2) is 9.07 Å². The molecule has 0 saturated carbocycles. The molecule has 4 rings (SSSR count). The van der Waals surface area contributed by atoms with Crippen LogP contribution in [0.1, 0.15) is 17.3 Å². The highest BCUT2D eigenvalue weighted by molar-refractivity contribution is 5.88. The zero-order valence-corrected chi connectivity index (χ0v) is 17.4. The van der Waals surface area contributed by atoms with E-state index in [1.165, 1.54) is 16.8 Å². The summed E-state index contributed by atoms with van der Waals surface area (Å²) >= 11 is 0. The van der Waals surface area contributed by atoms with Crippen LogP contribution >= 0.6 is 0 Å². The van der Waals surface area contributed by atoms with Crippen molar-refractivity contribution in [3.63, 3.8) is 0 Å². The van der Waals surface area contributed by atoms with Crippen LogP contribution in [0.3, 0.4) is 0 Å². The normalized spacial score (nSPS) is 15.7. The SMILES string of the molecule is Cn1nc(CC(=O)NCC(c2ccc(F)cc2)N2CCOCC2)c2ccccc2c1=O. The highest BCUT2D eigenvalue weighted by Gasteiger charge is 2.23. The number of benzene rings is 2. The lowest BCUT2D eigenvalue weighted by Gasteiger charge is -2.35. The Balaban J connectivity index is 1.51. The molecule has 0 spiro atoms. The van der Waals surface area contributed by atoms with Crippen LogP contribution in [0, 0.1) is 5.82 Å². The van der Waals surface area contributed by atoms with Gasteiger partial charge < -0.3 is 10.1 Å². The largest absolute Gasteiger partial charge is 0.379 e. The first kappa shape index (κ1) is 21.1. The maximum absolute atomic E-state index is 13.4. The van der Waals surface area contributed by atoms with Crippen LogP contribution in [0.25, 0.3) is 10.8 Å². The Kier molecular flexibility index (Phi) is 6.39. The number of halogens is 1. The van der Waals surface area contributed by atoms with Gasteiger partial charge in [-0.05, 0) is 23.8 Å². The summed E-state index contributed by atoms with van der Waals surface area (Å²) in [5, 5.41) is 8.52. The molecule has 0 aliphatic carbocycles. The zero-order chi connectivity index (χ0) is 21.8. The first-order valence-corrected chi connectivity index (χ1v) is 10.3. The van der Waals surface area contributed by atoms with Gasteiger partial charge in [-0.2, -0.15) is 5.10 Å². The number of aryl methyl sites for hydroxylation is 1. The summed E-state index contributed by atoms with van der Waals surface area (Å²) in [7, 11) is 1.58. The second kappa shape index (κ2) is 9.36. The van der Waals surface area contributed by atoms with Crippen molar-refractivity contribution in [2.24, 2.45) is 7.05 Å². The highest BCUT2D eigenvalue weighted by Crippen LogP contribution is 2.22. The minimum absolute atomic E-state index is 0.0634. The van der Waals surface area contributed by atoms with Gasteiger partial charge in [0.25, 0.3) is 5.56 Å². The highest BCUT2D eigenvalue weighted by atomic mass is 19.1. The molecule has 1 N–H and O–H groups in total. The summed E-state index contributed by atoms with van der Waals surface area (Å²) in [5.74, 6) is -0.474. The van der Waals surface area contributed by atoms with Gasteiger partial charge in [0.1, 0.15) is 5.82 Å². The van der Waals surface area contributed by atoms with Gasteiger partial charge in [-0.1, -0.05) is 30.3 Å². The Morgan fingerprint density at radius 3 is 2.52 bits per heavy atom. The van der Waals surface area contributed by atoms with E-state index >= 15 is 0 Å². The number of hydrogen-bond donors (Lipinski definition) is 1. The molecule has 7 nitrogen and oxygen atoms in total. The molecule has 8 heteroatoms. The van der Waals surface area contributed by atoms with E-state index in [9.17, 15) is 14.0 Å². The van der Waals surface area contributed by atoms with Crippen molar-refractivity contribution in [1.29, 1.82) is 0 Å². The number of nitrogens with zero attached hydrogens (tertiary/aromatic N) is 3. The smallest absolute Gasteiger partial charge is 0.274 e. The summed E-state index contributed by atoms with van der Waals surface area (Å²) < 4.78 is 20.1. The van der Waals surface area contributed by atoms with Crippen LogP contribution in [0.2, 0.25) is 0 Å². The number of ether oxygens (including phenoxy) is 1. The van der Waals surface area contributed by atoms with Crippen molar-refractivity contribution in [2.75, 3.05) is 32.8 Å². The minimum Gasteiger partial charge on any atom is -0.379 e. The number of amides is 1. The fourth-order valence-corrected chi connectivity index (χ4v) is 3.96. The molecule has 0 bridgehead atoms. The number of rotatable bonds is 6. The minimum atomic E-state index is -0.291. The number of carbonyl (C=O) groups is 1. The monoisotopic (exact) mass is 424 g/mol. The van der Waals surface area contributed by atoms with Crippen molar-refractivity contribution >= 4 is 16.7 Å². The Morgan fingerprint density at radius 1 is 1.13 bits per heavy atom. The molecule has 1 aliphatic heterocycles. The first-order valence-electron chi connectivity index (χ1n) is 10.3. The third kappa shape index (κ3) is 4.81. The average Bonchev–Trinajstić information content (AvgIpc) is 2.79. The Morgan fingerprint density at radius 2 is 1.81 bits per heavy atom. The lowest BCUT2D eigenvalue weighted by molar-refractivity contribution is -0.120. The Labute approximate surface area is 179 Å². The molecule has 1 aromatic heterocycles. The van der Waals surface area contributed by atoms with Crippen LogP contribution in [-0.2, 0) is 23.0 Å². The predicted octanol–water partition coefficient (Wildman–Crippen LogP) is 1.80. The summed E-state index contributed by atoms with van der Waals surface area (Å²) in [6.07, 6.45) is 0.0634. The number of nitrogens with one attached hydrogen (secondary N) is 1. The Hall–Kier alpha value is -3.10. The fourth-order valence-electron chi connectivity index (χ4n) is 3.96. The maximum atomic E-state index is 13.4. The van der Waals surface area contributed by atoms with E-state index in [4.69, 9.17) is 4.74 Å². The molecule has 1 unspecified atom stereocenters. The fraction of sp³-hybridized carbons (Fsp3) is 0.348. The third-order valence-corrected chi connectivity index (χ3v) is 5.59. The lowest BCUT2D eigenvalue weighted by atomic mass is 10.0. The van der Waals surface area contributed by atoms with Crippen LogP contribution < -0.4 is 10.9 Å². The second-order valence-corrected chi connectivity index (χ2v) is 7.62. The van der Waals surface area contributed by atoms with Gasteiger partial charge in [0, 0.05) is 32.1 Å². The van der Waals surface area contributed by atoms with E-state index in [0.29, 0.717) is 36.2 Å². The van der Waals surface area contributed by atoms with Crippen LogP contribution in [0.15, 0.2) is 53.3 Å². The maximum Gasteiger partial charge on any atom is 0.274 e. The van der Waals surface area contributed by atoms with Gasteiger partial charge in [-0.15, -0.1) is 0 Å². The molecule has 1 saturated heterocycles. The standard InChI is InChI=1S/C23H25FN4O3/c1-27-23(30)19-5-3-2-4-18(19)20(26-27)14-22(29)25-15-21(28-10-12-31-13-11-28)16-6-8-17(24)9-7-16/h2-9,21H,10-15H2,1H3,(H,25,29). The lowest BCUT2D eigenvalue weighted by Crippen LogP contribution is -2.44. The number of aromatic nitrogens is 2. The third-order valence-electron chi connectivity index (χ3n) is 5.59. The van der Waals surface area contributed by atoms with Gasteiger partial charge in [0.2, 0.25) is 5.91 Å². The van der Waals surface area contributed by atoms with E-state index in [1.807, 2.05) is 6.07 Å². The number of carbonyl (C=O) groups excluding carboxylic acids is 1. The Bertz CT molecular complexity index is 1120. The molecule has 1 atom stereocenters. The first-order chi connectivity index (χ1) is 15.0. The summed E-state index contributed by atoms with van der Waals surface area (Å²) in [5.41, 5.74) is 1.30. The summed E-state index contributed by atoms with van der Waals surface area (Å²) in [6.45, 7) is 3.11.